The van der Waals surface area contributed by atoms with Crippen LogP contribution in [0.2, 0.25) is 0 Å². The van der Waals surface area contributed by atoms with Gasteiger partial charge in [0.2, 0.25) is 0 Å². The van der Waals surface area contributed by atoms with Crippen molar-refractivity contribution in [3.8, 4) is 0 Å². The highest BCUT2D eigenvalue weighted by Gasteiger charge is 2.41. The second kappa shape index (κ2) is 5.30. The Morgan fingerprint density at radius 1 is 1.33 bits per heavy atom. The number of hydrogen-bond donors (Lipinski definition) is 0. The van der Waals surface area contributed by atoms with Gasteiger partial charge in [0.05, 0.1) is 0 Å². The molecule has 0 unspecified atom stereocenters. The first kappa shape index (κ1) is 15.0. The number of carbonyl (C=O) groups is 1. The zero-order valence-corrected chi connectivity index (χ0v) is 11.8. The van der Waals surface area contributed by atoms with Crippen LogP contribution in [-0.2, 0) is 4.79 Å². The summed E-state index contributed by atoms with van der Waals surface area (Å²) in [4.78, 5) is 11.7. The summed E-state index contributed by atoms with van der Waals surface area (Å²) < 4.78 is 37.6. The lowest BCUT2D eigenvalue weighted by Crippen LogP contribution is -2.38. The maximum absolute atomic E-state index is 12.3. The van der Waals surface area contributed by atoms with Gasteiger partial charge in [0.15, 0.2) is 0 Å². The minimum absolute atomic E-state index is 0.202. The predicted molar refractivity (Wildman–Crippen MR) is 67.7 cm³/mol. The maximum Gasteiger partial charge on any atom is 0.471 e. The van der Waals surface area contributed by atoms with Crippen molar-refractivity contribution < 1.29 is 18.0 Å². The molecule has 0 saturated carbocycles. The third kappa shape index (κ3) is 3.25. The zero-order valence-electron chi connectivity index (χ0n) is 10.2. The normalized spacial score (nSPS) is 11.8. The summed E-state index contributed by atoms with van der Waals surface area (Å²) >= 11 is 3.30. The molecule has 0 aliphatic heterocycles. The Bertz CT molecular complexity index is 457. The lowest BCUT2D eigenvalue weighted by atomic mass is 10.0. The van der Waals surface area contributed by atoms with Crippen LogP contribution in [0.1, 0.15) is 25.3 Å². The van der Waals surface area contributed by atoms with Gasteiger partial charge in [-0.2, -0.15) is 13.2 Å². The smallest absolute Gasteiger partial charge is 0.308 e. The average molecular weight is 324 g/mol. The average Bonchev–Trinajstić information content (AvgIpc) is 2.25. The van der Waals surface area contributed by atoms with Crippen molar-refractivity contribution in [2.75, 3.05) is 11.9 Å². The van der Waals surface area contributed by atoms with Gasteiger partial charge in [0.1, 0.15) is 0 Å². The molecule has 6 heteroatoms. The van der Waals surface area contributed by atoms with Crippen molar-refractivity contribution in [3.05, 3.63) is 28.2 Å². The van der Waals surface area contributed by atoms with Crippen molar-refractivity contribution in [2.24, 2.45) is 0 Å². The first-order valence-corrected chi connectivity index (χ1v) is 6.08. The number of rotatable bonds is 2. The van der Waals surface area contributed by atoms with Crippen LogP contribution in [0.3, 0.4) is 0 Å². The molecule has 100 valence electrons. The van der Waals surface area contributed by atoms with Gasteiger partial charge in [0.25, 0.3) is 0 Å². The molecular formula is C12H13BrF3NO. The Morgan fingerprint density at radius 3 is 2.28 bits per heavy atom. The van der Waals surface area contributed by atoms with Crippen LogP contribution in [0.25, 0.3) is 0 Å². The largest absolute Gasteiger partial charge is 0.471 e. The fraction of sp³-hybridized carbons (Fsp3) is 0.417. The van der Waals surface area contributed by atoms with Crippen LogP contribution in [-0.4, -0.2) is 19.1 Å². The van der Waals surface area contributed by atoms with Gasteiger partial charge < -0.3 is 4.90 Å². The Hall–Kier alpha value is -1.04. The summed E-state index contributed by atoms with van der Waals surface area (Å²) in [5.41, 5.74) is 1.18. The van der Waals surface area contributed by atoms with Crippen molar-refractivity contribution in [1.29, 1.82) is 0 Å². The Morgan fingerprint density at radius 2 is 1.89 bits per heavy atom. The predicted octanol–water partition coefficient (Wildman–Crippen LogP) is 4.10. The number of alkyl halides is 3. The van der Waals surface area contributed by atoms with E-state index in [0.717, 1.165) is 12.6 Å². The minimum Gasteiger partial charge on any atom is -0.308 e. The van der Waals surface area contributed by atoms with Crippen molar-refractivity contribution in [3.63, 3.8) is 0 Å². The SMILES string of the molecule is CC(C)c1ccc(N(C)C(=O)C(F)(F)F)cc1Br. The second-order valence-electron chi connectivity index (χ2n) is 4.22. The fourth-order valence-corrected chi connectivity index (χ4v) is 2.32. The summed E-state index contributed by atoms with van der Waals surface area (Å²) in [6, 6.07) is 4.73. The summed E-state index contributed by atoms with van der Waals surface area (Å²) in [5.74, 6) is -1.64. The quantitative estimate of drug-likeness (QED) is 0.802. The number of amides is 1. The Kier molecular flexibility index (Phi) is 4.42. The minimum atomic E-state index is -4.86. The van der Waals surface area contributed by atoms with Crippen molar-refractivity contribution >= 4 is 27.5 Å². The van der Waals surface area contributed by atoms with E-state index in [1.807, 2.05) is 13.8 Å². The molecule has 0 fully saturated rings. The lowest BCUT2D eigenvalue weighted by Gasteiger charge is -2.20. The van der Waals surface area contributed by atoms with Crippen LogP contribution in [0.5, 0.6) is 0 Å². The summed E-state index contributed by atoms with van der Waals surface area (Å²) in [7, 11) is 1.10. The molecule has 0 aliphatic rings. The van der Waals surface area contributed by atoms with E-state index in [9.17, 15) is 18.0 Å². The van der Waals surface area contributed by atoms with E-state index in [0.29, 0.717) is 9.37 Å². The molecular weight excluding hydrogens is 311 g/mol. The molecule has 2 nitrogen and oxygen atoms in total. The summed E-state index contributed by atoms with van der Waals surface area (Å²) in [6.45, 7) is 3.95. The third-order valence-corrected chi connectivity index (χ3v) is 3.23. The molecule has 0 aliphatic carbocycles. The molecule has 0 saturated heterocycles. The van der Waals surface area contributed by atoms with Gasteiger partial charge in [-0.15, -0.1) is 0 Å². The van der Waals surface area contributed by atoms with E-state index in [1.165, 1.54) is 12.1 Å². The number of benzene rings is 1. The molecule has 0 atom stereocenters. The lowest BCUT2D eigenvalue weighted by molar-refractivity contribution is -0.170. The van der Waals surface area contributed by atoms with Crippen LogP contribution < -0.4 is 4.90 Å². The van der Waals surface area contributed by atoms with Crippen LogP contribution in [0.15, 0.2) is 22.7 Å². The Labute approximate surface area is 112 Å². The molecule has 0 heterocycles. The van der Waals surface area contributed by atoms with E-state index in [2.05, 4.69) is 15.9 Å². The standard InChI is InChI=1S/C12H13BrF3NO/c1-7(2)9-5-4-8(6-10(9)13)17(3)11(18)12(14,15)16/h4-7H,1-3H3. The number of nitrogens with zero attached hydrogens (tertiary/aromatic N) is 1. The second-order valence-corrected chi connectivity index (χ2v) is 5.08. The highest BCUT2D eigenvalue weighted by atomic mass is 79.9. The number of carbonyl (C=O) groups excluding carboxylic acids is 1. The van der Waals surface area contributed by atoms with E-state index in [-0.39, 0.29) is 11.6 Å². The van der Waals surface area contributed by atoms with E-state index in [1.54, 1.807) is 6.07 Å². The van der Waals surface area contributed by atoms with E-state index >= 15 is 0 Å². The molecule has 0 bridgehead atoms. The highest BCUT2D eigenvalue weighted by molar-refractivity contribution is 9.10. The summed E-state index contributed by atoms with van der Waals surface area (Å²) in [6.07, 6.45) is -4.86. The topological polar surface area (TPSA) is 20.3 Å². The molecule has 0 N–H and O–H groups in total. The van der Waals surface area contributed by atoms with Gasteiger partial charge in [-0.3, -0.25) is 4.79 Å². The molecule has 0 aromatic heterocycles. The molecule has 1 aromatic carbocycles. The van der Waals surface area contributed by atoms with Gasteiger partial charge in [-0.05, 0) is 23.6 Å². The monoisotopic (exact) mass is 323 g/mol. The van der Waals surface area contributed by atoms with Crippen LogP contribution in [0.4, 0.5) is 18.9 Å². The van der Waals surface area contributed by atoms with Crippen LogP contribution >= 0.6 is 15.9 Å². The van der Waals surface area contributed by atoms with Crippen molar-refractivity contribution in [1.82, 2.24) is 0 Å². The van der Waals surface area contributed by atoms with Gasteiger partial charge in [-0.25, -0.2) is 0 Å². The number of halogens is 4. The molecule has 18 heavy (non-hydrogen) atoms. The highest BCUT2D eigenvalue weighted by Crippen LogP contribution is 2.30. The van der Waals surface area contributed by atoms with Gasteiger partial charge in [-0.1, -0.05) is 35.8 Å². The molecule has 1 aromatic rings. The maximum atomic E-state index is 12.3. The number of hydrogen-bond acceptors (Lipinski definition) is 1. The molecule has 1 amide bonds. The molecule has 0 radical (unpaired) electrons. The zero-order chi connectivity index (χ0) is 14.1. The Balaban J connectivity index is 3.05. The fourth-order valence-electron chi connectivity index (χ4n) is 1.50. The first-order valence-electron chi connectivity index (χ1n) is 5.29. The van der Waals surface area contributed by atoms with E-state index < -0.39 is 12.1 Å². The first-order chi connectivity index (χ1) is 8.14. The van der Waals surface area contributed by atoms with Gasteiger partial charge >= 0.3 is 12.1 Å². The third-order valence-electron chi connectivity index (χ3n) is 2.54. The molecule has 1 rings (SSSR count). The van der Waals surface area contributed by atoms with Crippen LogP contribution in [0, 0.1) is 0 Å². The van der Waals surface area contributed by atoms with Crippen molar-refractivity contribution in [2.45, 2.75) is 25.9 Å². The summed E-state index contributed by atoms with van der Waals surface area (Å²) in [5, 5.41) is 0. The van der Waals surface area contributed by atoms with E-state index in [4.69, 9.17) is 0 Å². The van der Waals surface area contributed by atoms with Gasteiger partial charge in [0, 0.05) is 17.2 Å². The molecule has 0 spiro atoms. The number of anilines is 1.